The third-order valence-electron chi connectivity index (χ3n) is 2.85. The molecule has 17 heavy (non-hydrogen) atoms. The highest BCUT2D eigenvalue weighted by atomic mass is 16.2. The van der Waals surface area contributed by atoms with Gasteiger partial charge in [-0.25, -0.2) is 0 Å². The van der Waals surface area contributed by atoms with Gasteiger partial charge in [0.15, 0.2) is 0 Å². The van der Waals surface area contributed by atoms with Gasteiger partial charge < -0.3 is 5.32 Å². The first-order valence-corrected chi connectivity index (χ1v) is 5.51. The highest BCUT2D eigenvalue weighted by Crippen LogP contribution is 2.12. The zero-order chi connectivity index (χ0) is 13.0. The van der Waals surface area contributed by atoms with Crippen molar-refractivity contribution in [3.63, 3.8) is 0 Å². The van der Waals surface area contributed by atoms with Crippen LogP contribution in [0.2, 0.25) is 0 Å². The van der Waals surface area contributed by atoms with Gasteiger partial charge in [0.25, 0.3) is 5.91 Å². The number of likely N-dealkylation sites (N-methyl/N-ethyl adjacent to an activating group) is 1. The maximum atomic E-state index is 11.7. The van der Waals surface area contributed by atoms with E-state index < -0.39 is 23.8 Å². The summed E-state index contributed by atoms with van der Waals surface area (Å²) < 4.78 is 0. The van der Waals surface area contributed by atoms with Crippen LogP contribution in [-0.4, -0.2) is 35.7 Å². The summed E-state index contributed by atoms with van der Waals surface area (Å²) in [6, 6.07) is 1.18. The first kappa shape index (κ1) is 13.2. The number of carbonyl (C=O) groups is 3. The van der Waals surface area contributed by atoms with Crippen molar-refractivity contribution in [3.05, 3.63) is 0 Å². The van der Waals surface area contributed by atoms with E-state index in [1.54, 1.807) is 6.92 Å². The first-order valence-electron chi connectivity index (χ1n) is 5.51. The molecule has 1 fully saturated rings. The fraction of sp³-hybridized carbons (Fsp3) is 0.636. The van der Waals surface area contributed by atoms with E-state index in [2.05, 4.69) is 5.32 Å². The highest BCUT2D eigenvalue weighted by Gasteiger charge is 2.33. The standard InChI is InChI=1S/C11H15N3O3/c1-3-7(6-12)10(16)13-8-4-5-9(15)14(2)11(8)17/h7-8H,3-5H2,1-2H3,(H,13,16). The second kappa shape index (κ2) is 5.43. The number of amides is 3. The van der Waals surface area contributed by atoms with Crippen molar-refractivity contribution in [2.45, 2.75) is 32.2 Å². The second-order valence-corrected chi connectivity index (χ2v) is 3.98. The van der Waals surface area contributed by atoms with Gasteiger partial charge in [0.05, 0.1) is 6.07 Å². The fourth-order valence-corrected chi connectivity index (χ4v) is 1.66. The molecule has 0 radical (unpaired) electrons. The van der Waals surface area contributed by atoms with E-state index in [4.69, 9.17) is 5.26 Å². The van der Waals surface area contributed by atoms with Gasteiger partial charge in [0.1, 0.15) is 12.0 Å². The summed E-state index contributed by atoms with van der Waals surface area (Å²) in [6.07, 6.45) is 0.935. The van der Waals surface area contributed by atoms with Crippen LogP contribution in [0.1, 0.15) is 26.2 Å². The number of likely N-dealkylation sites (tertiary alicyclic amines) is 1. The van der Waals surface area contributed by atoms with E-state index in [0.717, 1.165) is 4.90 Å². The Kier molecular flexibility index (Phi) is 4.21. The summed E-state index contributed by atoms with van der Waals surface area (Å²) in [5.41, 5.74) is 0. The van der Waals surface area contributed by atoms with E-state index in [1.807, 2.05) is 6.07 Å². The average Bonchev–Trinajstić information content (AvgIpc) is 2.31. The Morgan fingerprint density at radius 2 is 2.29 bits per heavy atom. The van der Waals surface area contributed by atoms with E-state index >= 15 is 0 Å². The predicted octanol–water partition coefficient (Wildman–Crippen LogP) is -0.200. The lowest BCUT2D eigenvalue weighted by Gasteiger charge is -2.28. The quantitative estimate of drug-likeness (QED) is 0.688. The number of imide groups is 1. The van der Waals surface area contributed by atoms with Crippen molar-refractivity contribution in [2.24, 2.45) is 5.92 Å². The molecule has 0 aromatic rings. The van der Waals surface area contributed by atoms with Gasteiger partial charge in [-0.05, 0) is 12.8 Å². The minimum Gasteiger partial charge on any atom is -0.343 e. The number of piperidine rings is 1. The minimum absolute atomic E-state index is 0.233. The molecule has 0 spiro atoms. The second-order valence-electron chi connectivity index (χ2n) is 3.98. The van der Waals surface area contributed by atoms with Crippen LogP contribution >= 0.6 is 0 Å². The van der Waals surface area contributed by atoms with Crippen molar-refractivity contribution in [2.75, 3.05) is 7.05 Å². The zero-order valence-electron chi connectivity index (χ0n) is 9.90. The van der Waals surface area contributed by atoms with Crippen molar-refractivity contribution in [1.82, 2.24) is 10.2 Å². The molecule has 6 heteroatoms. The first-order chi connectivity index (χ1) is 8.01. The monoisotopic (exact) mass is 237 g/mol. The van der Waals surface area contributed by atoms with Crippen LogP contribution in [0.5, 0.6) is 0 Å². The number of carbonyl (C=O) groups excluding carboxylic acids is 3. The topological polar surface area (TPSA) is 90.3 Å². The summed E-state index contributed by atoms with van der Waals surface area (Å²) in [5, 5.41) is 11.2. The third kappa shape index (κ3) is 2.81. The molecule has 92 valence electrons. The fourth-order valence-electron chi connectivity index (χ4n) is 1.66. The maximum absolute atomic E-state index is 11.7. The molecule has 2 atom stereocenters. The molecule has 1 saturated heterocycles. The van der Waals surface area contributed by atoms with Gasteiger partial charge in [0, 0.05) is 13.5 Å². The largest absolute Gasteiger partial charge is 0.343 e. The van der Waals surface area contributed by atoms with Gasteiger partial charge in [-0.2, -0.15) is 5.26 Å². The van der Waals surface area contributed by atoms with Crippen molar-refractivity contribution < 1.29 is 14.4 Å². The SMILES string of the molecule is CCC(C#N)C(=O)NC1CCC(=O)N(C)C1=O. The molecule has 0 saturated carbocycles. The van der Waals surface area contributed by atoms with Crippen LogP contribution in [0, 0.1) is 17.2 Å². The summed E-state index contributed by atoms with van der Waals surface area (Å²) in [7, 11) is 1.39. The lowest BCUT2D eigenvalue weighted by Crippen LogP contribution is -2.53. The van der Waals surface area contributed by atoms with Crippen LogP contribution in [0.25, 0.3) is 0 Å². The van der Waals surface area contributed by atoms with Gasteiger partial charge in [0.2, 0.25) is 11.8 Å². The molecule has 1 N–H and O–H groups in total. The minimum atomic E-state index is -0.745. The molecule has 0 aromatic carbocycles. The maximum Gasteiger partial charge on any atom is 0.251 e. The van der Waals surface area contributed by atoms with Crippen LogP contribution < -0.4 is 5.32 Å². The van der Waals surface area contributed by atoms with E-state index in [9.17, 15) is 14.4 Å². The number of rotatable bonds is 3. The number of nitrogens with zero attached hydrogens (tertiary/aromatic N) is 2. The molecule has 3 amide bonds. The van der Waals surface area contributed by atoms with Crippen LogP contribution in [0.4, 0.5) is 0 Å². The Morgan fingerprint density at radius 1 is 1.65 bits per heavy atom. The van der Waals surface area contributed by atoms with Gasteiger partial charge in [-0.3, -0.25) is 19.3 Å². The van der Waals surface area contributed by atoms with E-state index in [0.29, 0.717) is 12.8 Å². The number of nitrogens with one attached hydrogen (secondary N) is 1. The zero-order valence-corrected chi connectivity index (χ0v) is 9.90. The molecule has 0 bridgehead atoms. The smallest absolute Gasteiger partial charge is 0.251 e. The molecular weight excluding hydrogens is 222 g/mol. The molecular formula is C11H15N3O3. The van der Waals surface area contributed by atoms with Crippen molar-refractivity contribution in [1.29, 1.82) is 5.26 Å². The molecule has 2 unspecified atom stereocenters. The average molecular weight is 237 g/mol. The Labute approximate surface area is 99.6 Å². The van der Waals surface area contributed by atoms with Gasteiger partial charge in [-0.1, -0.05) is 6.92 Å². The normalized spacial score (nSPS) is 21.9. The summed E-state index contributed by atoms with van der Waals surface area (Å²) in [5.74, 6) is -1.85. The van der Waals surface area contributed by atoms with Gasteiger partial charge in [-0.15, -0.1) is 0 Å². The van der Waals surface area contributed by atoms with Crippen LogP contribution in [0.3, 0.4) is 0 Å². The van der Waals surface area contributed by atoms with E-state index in [-0.39, 0.29) is 12.3 Å². The molecule has 1 aliphatic heterocycles. The third-order valence-corrected chi connectivity index (χ3v) is 2.85. The van der Waals surface area contributed by atoms with Crippen molar-refractivity contribution >= 4 is 17.7 Å². The Hall–Kier alpha value is -1.90. The summed E-state index contributed by atoms with van der Waals surface area (Å²) >= 11 is 0. The lowest BCUT2D eigenvalue weighted by molar-refractivity contribution is -0.149. The Morgan fingerprint density at radius 3 is 2.82 bits per heavy atom. The molecule has 6 nitrogen and oxygen atoms in total. The number of hydrogen-bond acceptors (Lipinski definition) is 4. The molecule has 0 aromatic heterocycles. The number of nitriles is 1. The highest BCUT2D eigenvalue weighted by molar-refractivity contribution is 6.01. The molecule has 1 aliphatic rings. The Balaban J connectivity index is 2.64. The molecule has 1 rings (SSSR count). The van der Waals surface area contributed by atoms with Crippen LogP contribution in [-0.2, 0) is 14.4 Å². The van der Waals surface area contributed by atoms with Gasteiger partial charge >= 0.3 is 0 Å². The predicted molar refractivity (Wildman–Crippen MR) is 58.3 cm³/mol. The summed E-state index contributed by atoms with van der Waals surface area (Å²) in [6.45, 7) is 1.73. The number of hydrogen-bond donors (Lipinski definition) is 1. The van der Waals surface area contributed by atoms with Crippen molar-refractivity contribution in [3.8, 4) is 6.07 Å². The Bertz CT molecular complexity index is 386. The molecule has 0 aliphatic carbocycles. The van der Waals surface area contributed by atoms with E-state index in [1.165, 1.54) is 7.05 Å². The van der Waals surface area contributed by atoms with Crippen LogP contribution in [0.15, 0.2) is 0 Å². The summed E-state index contributed by atoms with van der Waals surface area (Å²) in [4.78, 5) is 35.5. The lowest BCUT2D eigenvalue weighted by atomic mass is 10.0. The molecule has 1 heterocycles.